The molecule has 5 heteroatoms. The van der Waals surface area contributed by atoms with Gasteiger partial charge >= 0.3 is 48.7 Å². The molecule has 0 fully saturated rings. The normalized spacial score (nSPS) is 9.72. The van der Waals surface area contributed by atoms with Gasteiger partial charge < -0.3 is 30.3 Å². The third kappa shape index (κ3) is 9.25. The molecule has 3 rings (SSSR count). The van der Waals surface area contributed by atoms with Crippen LogP contribution in [0.1, 0.15) is 45.2 Å². The van der Waals surface area contributed by atoms with E-state index in [9.17, 15) is 0 Å². The minimum Gasteiger partial charge on any atom is -1.00 e. The zero-order chi connectivity index (χ0) is 18.4. The van der Waals surface area contributed by atoms with Crippen LogP contribution >= 0.6 is 0 Å². The summed E-state index contributed by atoms with van der Waals surface area (Å²) < 4.78 is 0. The molecule has 0 atom stereocenters. The molecule has 3 radical (unpaired) electrons. The Kier molecular flexibility index (Phi) is 18.0. The SMILES string of the molecule is CCCc1cc2c(-c3ccc(C(C)(C)C)cc3)cccc2[cH-]1.O.[CH3][Ge][CH3].[Cl-].[Cl-].[Ti+3]. The Morgan fingerprint density at radius 1 is 0.931 bits per heavy atom. The first-order chi connectivity index (χ1) is 11.9. The molecule has 0 aromatic heterocycles. The third-order valence-electron chi connectivity index (χ3n) is 4.41. The predicted octanol–water partition coefficient (Wildman–Crippen LogP) is 0.443. The van der Waals surface area contributed by atoms with E-state index in [1.54, 1.807) is 0 Å². The first-order valence-corrected chi connectivity index (χ1v) is 13.5. The average molecular weight is 529 g/mol. The van der Waals surface area contributed by atoms with Crippen LogP contribution in [0, 0.1) is 0 Å². The molecule has 0 saturated heterocycles. The van der Waals surface area contributed by atoms with Crippen LogP contribution in [-0.4, -0.2) is 20.9 Å². The van der Waals surface area contributed by atoms with Crippen molar-refractivity contribution in [3.63, 3.8) is 0 Å². The van der Waals surface area contributed by atoms with Crippen molar-refractivity contribution in [1.29, 1.82) is 0 Å². The van der Waals surface area contributed by atoms with Crippen LogP contribution in [0.3, 0.4) is 0 Å². The first-order valence-electron chi connectivity index (χ1n) is 9.28. The fraction of sp³-hybridized carbons (Fsp3) is 0.375. The molecule has 0 spiro atoms. The molecule has 0 saturated carbocycles. The maximum Gasteiger partial charge on any atom is 3.00 e. The molecule has 2 N–H and O–H groups in total. The van der Waals surface area contributed by atoms with Crippen LogP contribution in [0.25, 0.3) is 21.9 Å². The van der Waals surface area contributed by atoms with Gasteiger partial charge in [0.1, 0.15) is 0 Å². The van der Waals surface area contributed by atoms with Gasteiger partial charge in [0.25, 0.3) is 0 Å². The van der Waals surface area contributed by atoms with Gasteiger partial charge in [0, 0.05) is 0 Å². The molecule has 3 aromatic carbocycles. The van der Waals surface area contributed by atoms with E-state index in [4.69, 9.17) is 0 Å². The number of halogens is 2. The van der Waals surface area contributed by atoms with Gasteiger partial charge in [-0.05, 0) is 23.0 Å². The van der Waals surface area contributed by atoms with Crippen LogP contribution in [0.4, 0.5) is 0 Å². The number of aryl methyl sites for hydroxylation is 1. The van der Waals surface area contributed by atoms with Crippen LogP contribution in [0.15, 0.2) is 54.6 Å². The average Bonchev–Trinajstić information content (AvgIpc) is 2.98. The van der Waals surface area contributed by atoms with Gasteiger partial charge in [0.05, 0.1) is 0 Å². The van der Waals surface area contributed by atoms with Gasteiger partial charge in [0.15, 0.2) is 0 Å². The van der Waals surface area contributed by atoms with E-state index >= 15 is 0 Å². The smallest absolute Gasteiger partial charge is 1.00 e. The molecule has 0 aliphatic heterocycles. The number of rotatable bonds is 3. The van der Waals surface area contributed by atoms with Gasteiger partial charge in [-0.25, -0.2) is 0 Å². The van der Waals surface area contributed by atoms with E-state index in [0.717, 1.165) is 6.42 Å². The van der Waals surface area contributed by atoms with Gasteiger partial charge in [-0.2, -0.15) is 6.07 Å². The summed E-state index contributed by atoms with van der Waals surface area (Å²) in [4.78, 5) is 0. The molecule has 29 heavy (non-hydrogen) atoms. The van der Waals surface area contributed by atoms with Crippen molar-refractivity contribution < 1.29 is 52.0 Å². The van der Waals surface area contributed by atoms with Gasteiger partial charge in [-0.3, -0.25) is 0 Å². The summed E-state index contributed by atoms with van der Waals surface area (Å²) in [5.41, 5.74) is 5.71. The second-order valence-electron chi connectivity index (χ2n) is 7.75. The van der Waals surface area contributed by atoms with E-state index < -0.39 is 0 Å². The van der Waals surface area contributed by atoms with Crippen LogP contribution < -0.4 is 24.8 Å². The predicted molar refractivity (Wildman–Crippen MR) is 119 cm³/mol. The van der Waals surface area contributed by atoms with Crippen LogP contribution in [0.2, 0.25) is 11.5 Å². The topological polar surface area (TPSA) is 31.5 Å². The number of benzene rings is 2. The maximum absolute atomic E-state index is 2.37. The van der Waals surface area contributed by atoms with Crippen molar-refractivity contribution in [2.24, 2.45) is 0 Å². The van der Waals surface area contributed by atoms with E-state index in [2.05, 4.69) is 93.8 Å². The van der Waals surface area contributed by atoms with E-state index in [0.29, 0.717) is 15.4 Å². The minimum absolute atomic E-state index is 0. The molecule has 0 aliphatic carbocycles. The molecule has 0 amide bonds. The second kappa shape index (κ2) is 15.6. The second-order valence-corrected chi connectivity index (χ2v) is 9.85. The molecule has 0 heterocycles. The van der Waals surface area contributed by atoms with Crippen molar-refractivity contribution in [2.45, 2.75) is 57.5 Å². The molecule has 157 valence electrons. The van der Waals surface area contributed by atoms with E-state index in [1.165, 1.54) is 39.4 Å². The number of hydrogen-bond acceptors (Lipinski definition) is 0. The standard InChI is InChI=1S/C22H25.C2H6Ge.2ClH.H2O.Ti/c1-5-7-16-14-18-8-6-9-20(21(18)15-16)17-10-12-19(13-11-17)22(2,3)4;1-3-2;;;;/h6,8-15H,5,7H2,1-4H3;1-2H3;2*1H;1H2;/q-1;;;;;+3/p-2. The van der Waals surface area contributed by atoms with Crippen LogP contribution in [0.5, 0.6) is 0 Å². The molecule has 0 unspecified atom stereocenters. The summed E-state index contributed by atoms with van der Waals surface area (Å²) >= 11 is 0.500. The number of hydrogen-bond donors (Lipinski definition) is 0. The van der Waals surface area contributed by atoms with Crippen molar-refractivity contribution in [3.8, 4) is 11.1 Å². The van der Waals surface area contributed by atoms with Crippen molar-refractivity contribution >= 4 is 26.2 Å². The van der Waals surface area contributed by atoms with Gasteiger partial charge in [0.2, 0.25) is 0 Å². The Hall–Kier alpha value is -0.153. The summed E-state index contributed by atoms with van der Waals surface area (Å²) in [6, 6.07) is 20.4. The van der Waals surface area contributed by atoms with Crippen molar-refractivity contribution in [2.75, 3.05) is 0 Å². The zero-order valence-corrected chi connectivity index (χ0v) is 23.5. The first kappa shape index (κ1) is 33.5. The van der Waals surface area contributed by atoms with Crippen molar-refractivity contribution in [1.82, 2.24) is 0 Å². The molecule has 1 nitrogen and oxygen atoms in total. The van der Waals surface area contributed by atoms with Crippen molar-refractivity contribution in [3.05, 3.63) is 65.7 Å². The number of fused-ring (bicyclic) bond motifs is 1. The zero-order valence-electron chi connectivity index (χ0n) is 18.4. The fourth-order valence-electron chi connectivity index (χ4n) is 3.13. The molecule has 0 bridgehead atoms. The third-order valence-corrected chi connectivity index (χ3v) is 4.41. The van der Waals surface area contributed by atoms with Gasteiger partial charge in [-0.15, -0.1) is 34.5 Å². The Bertz CT molecular complexity index is 808. The summed E-state index contributed by atoms with van der Waals surface area (Å²) in [6.07, 6.45) is 2.36. The Balaban J connectivity index is -0.000000911. The largest absolute Gasteiger partial charge is 3.00 e. The van der Waals surface area contributed by atoms with Gasteiger partial charge in [-0.1, -0.05) is 70.0 Å². The monoisotopic (exact) mass is 529 g/mol. The summed E-state index contributed by atoms with van der Waals surface area (Å²) in [5.74, 6) is 4.50. The summed E-state index contributed by atoms with van der Waals surface area (Å²) in [5, 5.41) is 2.75. The minimum atomic E-state index is 0. The molecular formula is C24H33Cl2GeOTi. The fourth-order valence-corrected chi connectivity index (χ4v) is 3.13. The quantitative estimate of drug-likeness (QED) is 0.349. The Morgan fingerprint density at radius 2 is 1.48 bits per heavy atom. The summed E-state index contributed by atoms with van der Waals surface area (Å²) in [7, 11) is 0. The Morgan fingerprint density at radius 3 is 1.97 bits per heavy atom. The summed E-state index contributed by atoms with van der Waals surface area (Å²) in [6.45, 7) is 9.02. The van der Waals surface area contributed by atoms with E-state index in [1.807, 2.05) is 0 Å². The molecule has 0 aliphatic rings. The van der Waals surface area contributed by atoms with E-state index in [-0.39, 0.29) is 57.4 Å². The Labute approximate surface area is 211 Å². The molecular weight excluding hydrogens is 496 g/mol. The maximum atomic E-state index is 2.37. The molecule has 3 aromatic rings. The van der Waals surface area contributed by atoms with Crippen LogP contribution in [-0.2, 0) is 33.6 Å².